The highest BCUT2D eigenvalue weighted by Gasteiger charge is 2.38. The van der Waals surface area contributed by atoms with Gasteiger partial charge in [0.1, 0.15) is 16.6 Å². The van der Waals surface area contributed by atoms with Crippen molar-refractivity contribution >= 4 is 33.2 Å². The fourth-order valence-corrected chi connectivity index (χ4v) is 5.89. The first kappa shape index (κ1) is 25.0. The van der Waals surface area contributed by atoms with E-state index < -0.39 is 52.1 Å². The van der Waals surface area contributed by atoms with E-state index in [4.69, 9.17) is 5.73 Å². The summed E-state index contributed by atoms with van der Waals surface area (Å²) in [6.07, 6.45) is -3.40. The zero-order valence-corrected chi connectivity index (χ0v) is 19.7. The van der Waals surface area contributed by atoms with Crippen LogP contribution in [0, 0.1) is 0 Å². The molecule has 0 bridgehead atoms. The van der Waals surface area contributed by atoms with Crippen LogP contribution >= 0.6 is 11.3 Å². The van der Waals surface area contributed by atoms with Crippen LogP contribution in [0.3, 0.4) is 0 Å². The number of hydrogen-bond donors (Lipinski definition) is 2. The Kier molecular flexibility index (Phi) is 6.54. The van der Waals surface area contributed by atoms with Crippen molar-refractivity contribution in [2.75, 3.05) is 18.4 Å². The molecule has 0 unspecified atom stereocenters. The minimum absolute atomic E-state index is 0.0190. The van der Waals surface area contributed by atoms with Crippen molar-refractivity contribution in [1.82, 2.24) is 24.1 Å². The van der Waals surface area contributed by atoms with Crippen molar-refractivity contribution in [3.05, 3.63) is 41.2 Å². The molecule has 1 amide bonds. The normalized spacial score (nSPS) is 19.6. The van der Waals surface area contributed by atoms with Crippen LogP contribution in [0.4, 0.5) is 23.5 Å². The van der Waals surface area contributed by atoms with E-state index in [0.29, 0.717) is 6.20 Å². The van der Waals surface area contributed by atoms with Gasteiger partial charge in [0.05, 0.1) is 28.4 Å². The second-order valence-electron chi connectivity index (χ2n) is 7.79. The Hall–Kier alpha value is -3.11. The Morgan fingerprint density at radius 3 is 2.63 bits per heavy atom. The number of primary amides is 1. The number of halogens is 4. The second kappa shape index (κ2) is 9.16. The number of anilines is 1. The third-order valence-corrected chi connectivity index (χ3v) is 8.10. The number of rotatable bonds is 6. The maximum absolute atomic E-state index is 14.9. The van der Waals surface area contributed by atoms with E-state index in [0.717, 1.165) is 15.6 Å². The molecule has 0 spiro atoms. The predicted molar refractivity (Wildman–Crippen MR) is 118 cm³/mol. The molecule has 2 atom stereocenters. The van der Waals surface area contributed by atoms with E-state index in [1.165, 1.54) is 28.5 Å². The number of aromatic nitrogens is 4. The molecule has 0 saturated carbocycles. The number of nitrogens with one attached hydrogen (secondary N) is 1. The highest BCUT2D eigenvalue weighted by molar-refractivity contribution is 7.89. The van der Waals surface area contributed by atoms with Crippen molar-refractivity contribution in [3.8, 4) is 10.6 Å². The van der Waals surface area contributed by atoms with Gasteiger partial charge in [-0.15, -0.1) is 11.3 Å². The largest absolute Gasteiger partial charge is 0.420 e. The number of aryl methyl sites for hydroxylation is 1. The summed E-state index contributed by atoms with van der Waals surface area (Å²) in [6.45, 7) is -0.495. The lowest BCUT2D eigenvalue weighted by Gasteiger charge is -2.34. The molecule has 10 nitrogen and oxygen atoms in total. The number of piperidine rings is 1. The van der Waals surface area contributed by atoms with Gasteiger partial charge in [0.15, 0.2) is 0 Å². The van der Waals surface area contributed by atoms with Crippen LogP contribution in [0.1, 0.15) is 22.3 Å². The molecule has 0 radical (unpaired) electrons. The Morgan fingerprint density at radius 1 is 1.31 bits per heavy atom. The van der Waals surface area contributed by atoms with Gasteiger partial charge in [-0.05, 0) is 12.5 Å². The predicted octanol–water partition coefficient (Wildman–Crippen LogP) is 2.27. The third kappa shape index (κ3) is 5.13. The fraction of sp³-hybridized carbons (Fsp3) is 0.368. The first-order valence-corrected chi connectivity index (χ1v) is 12.4. The number of nitrogens with two attached hydrogens (primary N) is 1. The van der Waals surface area contributed by atoms with Crippen molar-refractivity contribution in [1.29, 1.82) is 0 Å². The number of hydrogen-bond acceptors (Lipinski definition) is 8. The number of sulfonamides is 1. The molecule has 4 heterocycles. The van der Waals surface area contributed by atoms with Crippen LogP contribution in [-0.2, 0) is 23.2 Å². The average Bonchev–Trinajstić information content (AvgIpc) is 3.44. The van der Waals surface area contributed by atoms with Gasteiger partial charge in [-0.2, -0.15) is 22.6 Å². The van der Waals surface area contributed by atoms with Gasteiger partial charge in [0, 0.05) is 37.9 Å². The standard InChI is InChI=1S/C19H19F4N7O3S2/c1-29-7-11(5-26-29)35(32,33)30-3-2-14(13(20)8-30)27-18-25-6-12(19(21,22)23)16(28-18)15-4-10(9-34-15)17(24)31/h4-7,9,13-14H,2-3,8H2,1H3,(H2,24,31)(H,25,27,28)/t13-,14+/m1/s1. The smallest absolute Gasteiger partial charge is 0.366 e. The first-order chi connectivity index (χ1) is 16.4. The minimum atomic E-state index is -4.78. The van der Waals surface area contributed by atoms with Gasteiger partial charge in [-0.1, -0.05) is 0 Å². The van der Waals surface area contributed by atoms with Gasteiger partial charge in [-0.3, -0.25) is 9.48 Å². The summed E-state index contributed by atoms with van der Waals surface area (Å²) in [5, 5.41) is 7.80. The Balaban J connectivity index is 1.55. The Bertz CT molecular complexity index is 1360. The average molecular weight is 534 g/mol. The molecular weight excluding hydrogens is 514 g/mol. The van der Waals surface area contributed by atoms with Gasteiger partial charge >= 0.3 is 6.18 Å². The molecule has 4 rings (SSSR count). The van der Waals surface area contributed by atoms with Crippen LogP contribution in [-0.4, -0.2) is 63.7 Å². The summed E-state index contributed by atoms with van der Waals surface area (Å²) in [6, 6.07) is 0.248. The van der Waals surface area contributed by atoms with E-state index in [2.05, 4.69) is 20.4 Å². The molecule has 0 aromatic carbocycles. The van der Waals surface area contributed by atoms with Crippen molar-refractivity contribution < 1.29 is 30.8 Å². The van der Waals surface area contributed by atoms with Gasteiger partial charge < -0.3 is 11.1 Å². The molecule has 1 aliphatic heterocycles. The zero-order chi connectivity index (χ0) is 25.5. The van der Waals surface area contributed by atoms with E-state index in [9.17, 15) is 30.8 Å². The molecule has 16 heteroatoms. The number of thiophene rings is 1. The summed E-state index contributed by atoms with van der Waals surface area (Å²) >= 11 is 0.846. The number of amides is 1. The SMILES string of the molecule is Cn1cc(S(=O)(=O)N2CC[C@H](Nc3ncc(C(F)(F)F)c(-c4cc(C(N)=O)cs4)n3)[C@H](F)C2)cn1. The highest BCUT2D eigenvalue weighted by atomic mass is 32.2. The Morgan fingerprint density at radius 2 is 2.06 bits per heavy atom. The number of carbonyl (C=O) groups excluding carboxylic acids is 1. The van der Waals surface area contributed by atoms with Crippen molar-refractivity contribution in [2.45, 2.75) is 29.7 Å². The van der Waals surface area contributed by atoms with Crippen LogP contribution in [0.2, 0.25) is 0 Å². The monoisotopic (exact) mass is 533 g/mol. The first-order valence-electron chi connectivity index (χ1n) is 10.1. The molecule has 3 aromatic rings. The molecule has 3 N–H and O–H groups in total. The fourth-order valence-electron chi connectivity index (χ4n) is 3.54. The van der Waals surface area contributed by atoms with E-state index in [-0.39, 0.29) is 34.2 Å². The molecular formula is C19H19F4N7O3S2. The quantitative estimate of drug-likeness (QED) is 0.464. The Labute approximate surface area is 200 Å². The zero-order valence-electron chi connectivity index (χ0n) is 18.0. The van der Waals surface area contributed by atoms with Gasteiger partial charge in [0.2, 0.25) is 21.9 Å². The topological polar surface area (TPSA) is 136 Å². The molecule has 1 aliphatic rings. The lowest BCUT2D eigenvalue weighted by molar-refractivity contribution is -0.137. The van der Waals surface area contributed by atoms with Gasteiger partial charge in [0.25, 0.3) is 0 Å². The molecule has 1 fully saturated rings. The summed E-state index contributed by atoms with van der Waals surface area (Å²) in [4.78, 5) is 18.9. The molecule has 0 aliphatic carbocycles. The highest BCUT2D eigenvalue weighted by Crippen LogP contribution is 2.38. The lowest BCUT2D eigenvalue weighted by atomic mass is 10.1. The minimum Gasteiger partial charge on any atom is -0.366 e. The maximum Gasteiger partial charge on any atom is 0.420 e. The van der Waals surface area contributed by atoms with E-state index in [1.807, 2.05) is 0 Å². The molecule has 3 aromatic heterocycles. The number of carbonyl (C=O) groups is 1. The summed E-state index contributed by atoms with van der Waals surface area (Å²) < 4.78 is 83.3. The van der Waals surface area contributed by atoms with Crippen molar-refractivity contribution in [2.24, 2.45) is 12.8 Å². The maximum atomic E-state index is 14.9. The summed E-state index contributed by atoms with van der Waals surface area (Å²) in [5.74, 6) is -1.07. The van der Waals surface area contributed by atoms with Gasteiger partial charge in [-0.25, -0.2) is 22.8 Å². The van der Waals surface area contributed by atoms with Crippen LogP contribution in [0.15, 0.2) is 34.9 Å². The summed E-state index contributed by atoms with van der Waals surface area (Å²) in [5.41, 5.74) is 3.59. The van der Waals surface area contributed by atoms with Crippen LogP contribution in [0.25, 0.3) is 10.6 Å². The number of alkyl halides is 4. The molecule has 188 valence electrons. The number of nitrogens with zero attached hydrogens (tertiary/aromatic N) is 5. The van der Waals surface area contributed by atoms with E-state index >= 15 is 0 Å². The van der Waals surface area contributed by atoms with Crippen LogP contribution in [0.5, 0.6) is 0 Å². The second-order valence-corrected chi connectivity index (χ2v) is 10.6. The van der Waals surface area contributed by atoms with Crippen molar-refractivity contribution in [3.63, 3.8) is 0 Å². The van der Waals surface area contributed by atoms with Crippen LogP contribution < -0.4 is 11.1 Å². The molecule has 35 heavy (non-hydrogen) atoms. The van der Waals surface area contributed by atoms with E-state index in [1.54, 1.807) is 7.05 Å². The lowest BCUT2D eigenvalue weighted by Crippen LogP contribution is -2.50. The summed E-state index contributed by atoms with van der Waals surface area (Å²) in [7, 11) is -2.40. The molecule has 1 saturated heterocycles. The third-order valence-electron chi connectivity index (χ3n) is 5.35.